The molecule has 4 heterocycles. The summed E-state index contributed by atoms with van der Waals surface area (Å²) in [5, 5.41) is 22.7. The Morgan fingerprint density at radius 1 is 1.12 bits per heavy atom. The summed E-state index contributed by atoms with van der Waals surface area (Å²) in [6, 6.07) is 21.5. The Kier molecular flexibility index (Phi) is 7.74. The Balaban J connectivity index is 1.15. The van der Waals surface area contributed by atoms with E-state index >= 15 is 0 Å². The van der Waals surface area contributed by atoms with Gasteiger partial charge in [-0.25, -0.2) is 5.43 Å². The van der Waals surface area contributed by atoms with Crippen LogP contribution in [0.3, 0.4) is 0 Å². The van der Waals surface area contributed by atoms with Crippen LogP contribution in [0.25, 0.3) is 11.5 Å². The first kappa shape index (κ1) is 26.4. The Morgan fingerprint density at radius 2 is 1.95 bits per heavy atom. The summed E-state index contributed by atoms with van der Waals surface area (Å²) in [7, 11) is 0. The number of likely N-dealkylation sites (tertiary alicyclic amines) is 1. The van der Waals surface area contributed by atoms with Crippen molar-refractivity contribution in [2.24, 2.45) is 0 Å². The maximum Gasteiger partial charge on any atom is 0.265 e. The zero-order valence-corrected chi connectivity index (χ0v) is 23.1. The van der Waals surface area contributed by atoms with Crippen LogP contribution in [-0.2, 0) is 0 Å². The van der Waals surface area contributed by atoms with E-state index < -0.39 is 6.10 Å². The van der Waals surface area contributed by atoms with Crippen LogP contribution in [-0.4, -0.2) is 62.9 Å². The first-order valence-corrected chi connectivity index (χ1v) is 14.4. The van der Waals surface area contributed by atoms with Gasteiger partial charge in [-0.2, -0.15) is 0 Å². The molecule has 10 heteroatoms. The molecule has 2 aromatic heterocycles. The summed E-state index contributed by atoms with van der Waals surface area (Å²) in [6.45, 7) is 3.98. The third kappa shape index (κ3) is 5.71. The monoisotopic (exact) mass is 556 g/mol. The lowest BCUT2D eigenvalue weighted by molar-refractivity contribution is 0.0391. The van der Waals surface area contributed by atoms with Crippen LogP contribution in [0.4, 0.5) is 5.69 Å². The number of rotatable bonds is 8. The van der Waals surface area contributed by atoms with Gasteiger partial charge in [-0.1, -0.05) is 42.5 Å². The molecule has 4 aromatic rings. The van der Waals surface area contributed by atoms with Crippen molar-refractivity contribution in [1.29, 1.82) is 0 Å². The number of aliphatic hydroxyl groups is 1. The van der Waals surface area contributed by atoms with Gasteiger partial charge in [0, 0.05) is 44.4 Å². The number of anilines is 1. The molecular formula is C30H32N6O3S. The highest BCUT2D eigenvalue weighted by molar-refractivity contribution is 7.12. The molecule has 0 spiro atoms. The first-order chi connectivity index (χ1) is 19.5. The molecule has 2 unspecified atom stereocenters. The molecule has 0 bridgehead atoms. The quantitative estimate of drug-likeness (QED) is 0.325. The Labute approximate surface area is 237 Å². The minimum atomic E-state index is -0.526. The van der Waals surface area contributed by atoms with E-state index in [0.29, 0.717) is 18.3 Å². The second-order valence-electron chi connectivity index (χ2n) is 10.1. The van der Waals surface area contributed by atoms with E-state index in [4.69, 9.17) is 4.42 Å². The molecule has 0 radical (unpaired) electrons. The summed E-state index contributed by atoms with van der Waals surface area (Å²) < 4.78 is 5.61. The average Bonchev–Trinajstić information content (AvgIpc) is 3.78. The molecule has 1 saturated heterocycles. The summed E-state index contributed by atoms with van der Waals surface area (Å²) in [5.41, 5.74) is 6.17. The molecule has 0 aliphatic carbocycles. The van der Waals surface area contributed by atoms with Crippen LogP contribution >= 0.6 is 11.3 Å². The zero-order chi connectivity index (χ0) is 27.5. The molecule has 2 aliphatic heterocycles. The van der Waals surface area contributed by atoms with Crippen molar-refractivity contribution in [3.8, 4) is 11.5 Å². The smallest absolute Gasteiger partial charge is 0.265 e. The largest absolute Gasteiger partial charge is 0.421 e. The third-order valence-corrected chi connectivity index (χ3v) is 8.28. The topological polar surface area (TPSA) is 98.0 Å². The number of β-amino-alcohol motifs (C(OH)–C–C–N with tert-alkyl or cyclic N) is 1. The van der Waals surface area contributed by atoms with Crippen molar-refractivity contribution < 1.29 is 14.3 Å². The lowest BCUT2D eigenvalue weighted by atomic mass is 10.0. The van der Waals surface area contributed by atoms with Crippen molar-refractivity contribution in [3.63, 3.8) is 0 Å². The van der Waals surface area contributed by atoms with E-state index in [2.05, 4.69) is 20.5 Å². The van der Waals surface area contributed by atoms with Crippen LogP contribution in [0.5, 0.6) is 0 Å². The van der Waals surface area contributed by atoms with Gasteiger partial charge >= 0.3 is 0 Å². The third-order valence-electron chi connectivity index (χ3n) is 7.42. The van der Waals surface area contributed by atoms with Crippen LogP contribution in [0.1, 0.15) is 40.1 Å². The van der Waals surface area contributed by atoms with Gasteiger partial charge in [0.05, 0.1) is 16.7 Å². The molecule has 2 atom stereocenters. The lowest BCUT2D eigenvalue weighted by Gasteiger charge is -2.41. The Morgan fingerprint density at radius 3 is 2.67 bits per heavy atom. The maximum atomic E-state index is 13.8. The molecule has 1 fully saturated rings. The van der Waals surface area contributed by atoms with Gasteiger partial charge in [0.2, 0.25) is 11.8 Å². The number of piperidine rings is 1. The normalized spacial score (nSPS) is 18.8. The SMILES string of the molecule is Cc1nnc(-c2cccc(N3C=CC(N(C(=O)c4cccs4)C4CCN(CC(O)c5ccccc5)CC4)N3)c2)o1. The summed E-state index contributed by atoms with van der Waals surface area (Å²) in [4.78, 5) is 18.8. The number of carbonyl (C=O) groups excluding carboxylic acids is 1. The summed E-state index contributed by atoms with van der Waals surface area (Å²) in [5.74, 6) is 1.01. The van der Waals surface area contributed by atoms with Crippen LogP contribution in [0.2, 0.25) is 0 Å². The number of aromatic nitrogens is 2. The number of thiophene rings is 1. The van der Waals surface area contributed by atoms with Gasteiger partial charge in [-0.3, -0.25) is 9.80 Å². The predicted molar refractivity (Wildman–Crippen MR) is 154 cm³/mol. The van der Waals surface area contributed by atoms with Gasteiger partial charge in [-0.05, 0) is 54.1 Å². The fourth-order valence-corrected chi connectivity index (χ4v) is 6.03. The highest BCUT2D eigenvalue weighted by Gasteiger charge is 2.36. The Bertz CT molecular complexity index is 1450. The molecular weight excluding hydrogens is 524 g/mol. The first-order valence-electron chi connectivity index (χ1n) is 13.5. The number of hydrogen-bond acceptors (Lipinski definition) is 9. The van der Waals surface area contributed by atoms with E-state index in [0.717, 1.165) is 47.6 Å². The second-order valence-corrected chi connectivity index (χ2v) is 11.1. The average molecular weight is 557 g/mol. The highest BCUT2D eigenvalue weighted by Crippen LogP contribution is 2.29. The molecule has 1 amide bonds. The minimum absolute atomic E-state index is 0.0249. The molecule has 2 N–H and O–H groups in total. The molecule has 9 nitrogen and oxygen atoms in total. The van der Waals surface area contributed by atoms with Crippen LogP contribution in [0, 0.1) is 6.92 Å². The maximum absolute atomic E-state index is 13.8. The van der Waals surface area contributed by atoms with Gasteiger partial charge < -0.3 is 19.3 Å². The fraction of sp³-hybridized carbons (Fsp3) is 0.300. The van der Waals surface area contributed by atoms with Crippen molar-refractivity contribution >= 4 is 22.9 Å². The molecule has 0 saturated carbocycles. The molecule has 206 valence electrons. The van der Waals surface area contributed by atoms with E-state index in [-0.39, 0.29) is 18.1 Å². The zero-order valence-electron chi connectivity index (χ0n) is 22.3. The lowest BCUT2D eigenvalue weighted by Crippen LogP contribution is -2.56. The van der Waals surface area contributed by atoms with Gasteiger partial charge in [0.1, 0.15) is 6.17 Å². The second kappa shape index (κ2) is 11.7. The highest BCUT2D eigenvalue weighted by atomic mass is 32.1. The molecule has 2 aromatic carbocycles. The van der Waals surface area contributed by atoms with Gasteiger partial charge in [0.15, 0.2) is 0 Å². The molecule has 6 rings (SSSR count). The van der Waals surface area contributed by atoms with Gasteiger partial charge in [-0.15, -0.1) is 21.5 Å². The minimum Gasteiger partial charge on any atom is -0.421 e. The standard InChI is InChI=1S/C30H32N6O3S/c1-21-31-32-29(39-21)23-9-5-10-25(19-23)35-17-14-28(33-35)36(30(38)27-11-6-18-40-27)24-12-15-34(16-13-24)20-26(37)22-7-3-2-4-8-22/h2-11,14,17-19,24,26,28,33,37H,12-13,15-16,20H2,1H3. The number of hydrogen-bond donors (Lipinski definition) is 2. The van der Waals surface area contributed by atoms with Crippen LogP contribution < -0.4 is 10.4 Å². The number of amides is 1. The number of carbonyl (C=O) groups is 1. The number of aliphatic hydroxyl groups excluding tert-OH is 1. The van der Waals surface area contributed by atoms with Crippen molar-refractivity contribution in [1.82, 2.24) is 25.4 Å². The number of nitrogens with one attached hydrogen (secondary N) is 1. The number of aryl methyl sites for hydroxylation is 1. The predicted octanol–water partition coefficient (Wildman–Crippen LogP) is 4.61. The van der Waals surface area contributed by atoms with E-state index in [1.165, 1.54) is 11.3 Å². The Hall–Kier alpha value is -3.83. The number of benzene rings is 2. The summed E-state index contributed by atoms with van der Waals surface area (Å²) in [6.07, 6.45) is 4.83. The van der Waals surface area contributed by atoms with E-state index in [1.807, 2.05) is 94.3 Å². The fourth-order valence-electron chi connectivity index (χ4n) is 5.37. The van der Waals surface area contributed by atoms with Crippen molar-refractivity contribution in [3.05, 3.63) is 101 Å². The van der Waals surface area contributed by atoms with Crippen LogP contribution in [0.15, 0.2) is 88.8 Å². The van der Waals surface area contributed by atoms with E-state index in [9.17, 15) is 9.90 Å². The van der Waals surface area contributed by atoms with Crippen molar-refractivity contribution in [2.45, 2.75) is 38.1 Å². The van der Waals surface area contributed by atoms with Crippen molar-refractivity contribution in [2.75, 3.05) is 24.6 Å². The number of hydrazine groups is 1. The summed E-state index contributed by atoms with van der Waals surface area (Å²) >= 11 is 1.46. The molecule has 40 heavy (non-hydrogen) atoms. The number of nitrogens with zero attached hydrogens (tertiary/aromatic N) is 5. The molecule has 2 aliphatic rings. The van der Waals surface area contributed by atoms with E-state index in [1.54, 1.807) is 6.92 Å². The van der Waals surface area contributed by atoms with Gasteiger partial charge in [0.25, 0.3) is 5.91 Å².